The van der Waals surface area contributed by atoms with E-state index in [9.17, 15) is 0 Å². The van der Waals surface area contributed by atoms with Crippen LogP contribution in [0, 0.1) is 0 Å². The van der Waals surface area contributed by atoms with Crippen LogP contribution in [0.5, 0.6) is 0 Å². The Balaban J connectivity index is 2.82. The van der Waals surface area contributed by atoms with Crippen molar-refractivity contribution in [1.82, 2.24) is 14.9 Å². The van der Waals surface area contributed by atoms with Gasteiger partial charge in [0, 0.05) is 26.6 Å². The number of nitrogens with one attached hydrogen (secondary N) is 1. The van der Waals surface area contributed by atoms with Gasteiger partial charge in [-0.3, -0.25) is 0 Å². The zero-order valence-electron chi connectivity index (χ0n) is 9.32. The number of hydrogen-bond acceptors (Lipinski definition) is 3. The second-order valence-electron chi connectivity index (χ2n) is 3.37. The van der Waals surface area contributed by atoms with Gasteiger partial charge in [-0.05, 0) is 13.5 Å². The first kappa shape index (κ1) is 11.2. The van der Waals surface area contributed by atoms with Gasteiger partial charge in [0.2, 0.25) is 0 Å². The molecule has 0 saturated carbocycles. The van der Waals surface area contributed by atoms with E-state index in [1.807, 2.05) is 30.9 Å². The molecule has 1 aromatic heterocycles. The first-order chi connectivity index (χ1) is 6.70. The molecule has 1 N–H and O–H groups in total. The van der Waals surface area contributed by atoms with Crippen molar-refractivity contribution >= 4 is 0 Å². The van der Waals surface area contributed by atoms with Crippen LogP contribution in [0.1, 0.15) is 25.7 Å². The highest BCUT2D eigenvalue weighted by Gasteiger charge is 2.21. The lowest BCUT2D eigenvalue weighted by atomic mass is 10.1. The zero-order chi connectivity index (χ0) is 10.6. The highest BCUT2D eigenvalue weighted by molar-refractivity contribution is 5.00. The van der Waals surface area contributed by atoms with Crippen LogP contribution in [0.3, 0.4) is 0 Å². The molecule has 0 spiro atoms. The molecule has 0 bridgehead atoms. The number of rotatable bonds is 5. The van der Waals surface area contributed by atoms with Crippen LogP contribution in [0.25, 0.3) is 0 Å². The summed E-state index contributed by atoms with van der Waals surface area (Å²) in [5.74, 6) is 1.02. The molecule has 1 heterocycles. The molecule has 0 aromatic carbocycles. The van der Waals surface area contributed by atoms with Gasteiger partial charge < -0.3 is 14.6 Å². The van der Waals surface area contributed by atoms with Crippen molar-refractivity contribution in [1.29, 1.82) is 0 Å². The topological polar surface area (TPSA) is 39.1 Å². The number of likely N-dealkylation sites (N-methyl/N-ethyl adjacent to an activating group) is 1. The number of aromatic nitrogens is 2. The van der Waals surface area contributed by atoms with Gasteiger partial charge in [-0.25, -0.2) is 4.98 Å². The predicted octanol–water partition coefficient (Wildman–Crippen LogP) is 1.11. The van der Waals surface area contributed by atoms with E-state index in [2.05, 4.69) is 17.2 Å². The molecule has 0 aliphatic heterocycles. The quantitative estimate of drug-likeness (QED) is 0.768. The van der Waals surface area contributed by atoms with Gasteiger partial charge in [-0.15, -0.1) is 0 Å². The lowest BCUT2D eigenvalue weighted by Crippen LogP contribution is -2.33. The Labute approximate surface area is 85.3 Å². The molecule has 4 nitrogen and oxygen atoms in total. The fraction of sp³-hybridized carbons (Fsp3) is 0.700. The van der Waals surface area contributed by atoms with Crippen molar-refractivity contribution < 1.29 is 4.74 Å². The molecule has 0 aliphatic rings. The van der Waals surface area contributed by atoms with E-state index in [0.29, 0.717) is 0 Å². The second-order valence-corrected chi connectivity index (χ2v) is 3.37. The predicted molar refractivity (Wildman–Crippen MR) is 56.1 cm³/mol. The molecular formula is C10H19N3O. The van der Waals surface area contributed by atoms with E-state index in [0.717, 1.165) is 12.4 Å². The van der Waals surface area contributed by atoms with Crippen LogP contribution >= 0.6 is 0 Å². The van der Waals surface area contributed by atoms with Crippen LogP contribution in [-0.2, 0) is 11.8 Å². The smallest absolute Gasteiger partial charge is 0.128 e. The lowest BCUT2D eigenvalue weighted by Gasteiger charge is -2.23. The number of imidazole rings is 1. The van der Waals surface area contributed by atoms with Crippen molar-refractivity contribution in [3.8, 4) is 0 Å². The molecule has 1 aromatic rings. The maximum absolute atomic E-state index is 5.33. The van der Waals surface area contributed by atoms with Gasteiger partial charge in [0.05, 0.1) is 12.1 Å². The molecule has 0 aliphatic carbocycles. The third-order valence-corrected chi connectivity index (χ3v) is 2.40. The molecule has 0 amide bonds. The Bertz CT molecular complexity index is 272. The Morgan fingerprint density at radius 3 is 2.79 bits per heavy atom. The maximum Gasteiger partial charge on any atom is 0.128 e. The number of ether oxygens (including phenoxy) is 1. The summed E-state index contributed by atoms with van der Waals surface area (Å²) in [6.45, 7) is 5.03. The Hall–Kier alpha value is -0.870. The summed E-state index contributed by atoms with van der Waals surface area (Å²) in [6.07, 6.45) is 3.88. The van der Waals surface area contributed by atoms with Gasteiger partial charge in [-0.2, -0.15) is 0 Å². The second kappa shape index (κ2) is 5.12. The lowest BCUT2D eigenvalue weighted by molar-refractivity contribution is 0.0798. The summed E-state index contributed by atoms with van der Waals surface area (Å²) in [5.41, 5.74) is 0. The monoisotopic (exact) mass is 197 g/mol. The minimum atomic E-state index is 0.121. The largest absolute Gasteiger partial charge is 0.380 e. The Morgan fingerprint density at radius 1 is 1.64 bits per heavy atom. The van der Waals surface area contributed by atoms with Gasteiger partial charge >= 0.3 is 0 Å². The molecule has 2 unspecified atom stereocenters. The third kappa shape index (κ3) is 2.33. The van der Waals surface area contributed by atoms with Crippen LogP contribution in [0.2, 0.25) is 0 Å². The summed E-state index contributed by atoms with van der Waals surface area (Å²) >= 11 is 0. The van der Waals surface area contributed by atoms with Crippen LogP contribution in [0.4, 0.5) is 0 Å². The minimum Gasteiger partial charge on any atom is -0.380 e. The van der Waals surface area contributed by atoms with E-state index < -0.39 is 0 Å². The fourth-order valence-corrected chi connectivity index (χ4v) is 1.50. The molecule has 4 heteroatoms. The van der Waals surface area contributed by atoms with Crippen LogP contribution < -0.4 is 5.32 Å². The number of hydrogen-bond donors (Lipinski definition) is 1. The molecule has 2 atom stereocenters. The zero-order valence-corrected chi connectivity index (χ0v) is 9.32. The van der Waals surface area contributed by atoms with Gasteiger partial charge in [0.25, 0.3) is 0 Å². The molecule has 0 radical (unpaired) electrons. The standard InChI is InChI=1S/C10H19N3O/c1-5-11-9(8(2)14-4)10-12-6-7-13(10)3/h6-9,11H,5H2,1-4H3. The Morgan fingerprint density at radius 2 is 2.36 bits per heavy atom. The van der Waals surface area contributed by atoms with E-state index in [1.165, 1.54) is 0 Å². The summed E-state index contributed by atoms with van der Waals surface area (Å²) < 4.78 is 7.34. The fourth-order valence-electron chi connectivity index (χ4n) is 1.50. The third-order valence-electron chi connectivity index (χ3n) is 2.40. The highest BCUT2D eigenvalue weighted by atomic mass is 16.5. The van der Waals surface area contributed by atoms with E-state index in [1.54, 1.807) is 7.11 Å². The van der Waals surface area contributed by atoms with E-state index >= 15 is 0 Å². The van der Waals surface area contributed by atoms with Crippen LogP contribution in [-0.4, -0.2) is 29.3 Å². The maximum atomic E-state index is 5.33. The van der Waals surface area contributed by atoms with Crippen LogP contribution in [0.15, 0.2) is 12.4 Å². The first-order valence-corrected chi connectivity index (χ1v) is 4.94. The van der Waals surface area contributed by atoms with Gasteiger partial charge in [0.1, 0.15) is 5.82 Å². The van der Waals surface area contributed by atoms with Crippen molar-refractivity contribution in [2.75, 3.05) is 13.7 Å². The van der Waals surface area contributed by atoms with Crippen molar-refractivity contribution in [2.45, 2.75) is 26.0 Å². The summed E-state index contributed by atoms with van der Waals surface area (Å²) in [4.78, 5) is 4.32. The van der Waals surface area contributed by atoms with Gasteiger partial charge in [0.15, 0.2) is 0 Å². The molecule has 14 heavy (non-hydrogen) atoms. The molecule has 80 valence electrons. The van der Waals surface area contributed by atoms with Crippen molar-refractivity contribution in [3.63, 3.8) is 0 Å². The van der Waals surface area contributed by atoms with Crippen molar-refractivity contribution in [2.24, 2.45) is 7.05 Å². The highest BCUT2D eigenvalue weighted by Crippen LogP contribution is 2.16. The average Bonchev–Trinajstić information content (AvgIpc) is 2.60. The first-order valence-electron chi connectivity index (χ1n) is 4.94. The summed E-state index contributed by atoms with van der Waals surface area (Å²) in [6, 6.07) is 0.157. The number of nitrogens with zero attached hydrogens (tertiary/aromatic N) is 2. The number of aryl methyl sites for hydroxylation is 1. The summed E-state index contributed by atoms with van der Waals surface area (Å²) in [5, 5.41) is 3.37. The SMILES string of the molecule is CCNC(c1nccn1C)C(C)OC. The van der Waals surface area contributed by atoms with Crippen molar-refractivity contribution in [3.05, 3.63) is 18.2 Å². The molecule has 1 rings (SSSR count). The molecular weight excluding hydrogens is 178 g/mol. The minimum absolute atomic E-state index is 0.121. The normalized spacial score (nSPS) is 15.4. The number of methoxy groups -OCH3 is 1. The average molecular weight is 197 g/mol. The Kier molecular flexibility index (Phi) is 4.10. The summed E-state index contributed by atoms with van der Waals surface area (Å²) in [7, 11) is 3.72. The van der Waals surface area contributed by atoms with E-state index in [4.69, 9.17) is 4.74 Å². The van der Waals surface area contributed by atoms with Gasteiger partial charge in [-0.1, -0.05) is 6.92 Å². The molecule has 0 saturated heterocycles. The van der Waals surface area contributed by atoms with E-state index in [-0.39, 0.29) is 12.1 Å². The molecule has 0 fully saturated rings.